The Morgan fingerprint density at radius 2 is 1.70 bits per heavy atom. The SMILES string of the molecule is Cn1nc(C(N)=O)nc1-c1cccc(-c2ccccc2OC(F)(F)F)c1F. The van der Waals surface area contributed by atoms with Crippen LogP contribution in [-0.2, 0) is 7.05 Å². The topological polar surface area (TPSA) is 83.0 Å². The van der Waals surface area contributed by atoms with Gasteiger partial charge in [-0.15, -0.1) is 18.3 Å². The largest absolute Gasteiger partial charge is 0.573 e. The van der Waals surface area contributed by atoms with Crippen LogP contribution in [-0.4, -0.2) is 27.0 Å². The van der Waals surface area contributed by atoms with E-state index in [4.69, 9.17) is 5.73 Å². The molecule has 1 heterocycles. The van der Waals surface area contributed by atoms with Gasteiger partial charge in [-0.25, -0.2) is 14.1 Å². The van der Waals surface area contributed by atoms with E-state index in [1.165, 1.54) is 43.4 Å². The number of aromatic nitrogens is 3. The number of alkyl halides is 3. The van der Waals surface area contributed by atoms with Crippen molar-refractivity contribution >= 4 is 5.91 Å². The van der Waals surface area contributed by atoms with Crippen molar-refractivity contribution in [2.45, 2.75) is 6.36 Å². The van der Waals surface area contributed by atoms with E-state index >= 15 is 4.39 Å². The van der Waals surface area contributed by atoms with Gasteiger partial charge in [-0.2, -0.15) is 0 Å². The summed E-state index contributed by atoms with van der Waals surface area (Å²) in [5.74, 6) is -2.59. The first-order valence-electron chi connectivity index (χ1n) is 7.52. The lowest BCUT2D eigenvalue weighted by atomic mass is 10.0. The number of hydrogen-bond donors (Lipinski definition) is 1. The molecule has 2 aromatic carbocycles. The molecule has 0 radical (unpaired) electrons. The molecule has 0 spiro atoms. The number of aryl methyl sites for hydroxylation is 1. The third-order valence-electron chi connectivity index (χ3n) is 3.63. The quantitative estimate of drug-likeness (QED) is 0.704. The minimum absolute atomic E-state index is 0.00243. The minimum atomic E-state index is -4.93. The van der Waals surface area contributed by atoms with Crippen LogP contribution in [0.4, 0.5) is 17.6 Å². The number of amides is 1. The van der Waals surface area contributed by atoms with Crippen LogP contribution in [0.1, 0.15) is 10.6 Å². The second-order valence-corrected chi connectivity index (χ2v) is 5.46. The molecule has 0 fully saturated rings. The zero-order valence-corrected chi connectivity index (χ0v) is 13.8. The van der Waals surface area contributed by atoms with Crippen molar-refractivity contribution in [1.82, 2.24) is 14.8 Å². The average molecular weight is 380 g/mol. The highest BCUT2D eigenvalue weighted by Crippen LogP contribution is 2.37. The van der Waals surface area contributed by atoms with Gasteiger partial charge in [0, 0.05) is 18.2 Å². The molecule has 3 aromatic rings. The van der Waals surface area contributed by atoms with Gasteiger partial charge < -0.3 is 10.5 Å². The van der Waals surface area contributed by atoms with Gasteiger partial charge in [0.1, 0.15) is 11.6 Å². The van der Waals surface area contributed by atoms with E-state index in [9.17, 15) is 18.0 Å². The highest BCUT2D eigenvalue weighted by atomic mass is 19.4. The maximum absolute atomic E-state index is 15.1. The molecule has 2 N–H and O–H groups in total. The van der Waals surface area contributed by atoms with Crippen LogP contribution in [0.2, 0.25) is 0 Å². The Labute approximate surface area is 150 Å². The molecule has 0 aliphatic carbocycles. The predicted octanol–water partition coefficient (Wildman–Crippen LogP) is 3.29. The third kappa shape index (κ3) is 3.73. The standard InChI is InChI=1S/C17H12F4N4O2/c1-25-16(23-15(24-25)14(22)26)11-7-4-6-10(13(11)18)9-5-2-3-8-12(9)27-17(19,20)21/h2-8H,1H3,(H2,22,26). The first-order chi connectivity index (χ1) is 12.7. The molecule has 0 unspecified atom stereocenters. The second kappa shape index (κ2) is 6.71. The fourth-order valence-electron chi connectivity index (χ4n) is 2.54. The zero-order chi connectivity index (χ0) is 19.8. The van der Waals surface area contributed by atoms with Crippen LogP contribution < -0.4 is 10.5 Å². The van der Waals surface area contributed by atoms with Crippen molar-refractivity contribution in [3.8, 4) is 28.3 Å². The van der Waals surface area contributed by atoms with Crippen molar-refractivity contribution in [2.75, 3.05) is 0 Å². The second-order valence-electron chi connectivity index (χ2n) is 5.46. The molecule has 1 aromatic heterocycles. The van der Waals surface area contributed by atoms with E-state index in [0.29, 0.717) is 0 Å². The minimum Gasteiger partial charge on any atom is -0.405 e. The summed E-state index contributed by atoms with van der Waals surface area (Å²) in [7, 11) is 1.43. The van der Waals surface area contributed by atoms with E-state index in [1.54, 1.807) is 0 Å². The Bertz CT molecular complexity index is 1010. The number of carbonyl (C=O) groups is 1. The van der Waals surface area contributed by atoms with Crippen molar-refractivity contribution in [3.05, 3.63) is 54.1 Å². The zero-order valence-electron chi connectivity index (χ0n) is 13.8. The monoisotopic (exact) mass is 380 g/mol. The number of rotatable bonds is 4. The first kappa shape index (κ1) is 18.4. The molecule has 6 nitrogen and oxygen atoms in total. The van der Waals surface area contributed by atoms with Gasteiger partial charge in [0.25, 0.3) is 5.91 Å². The van der Waals surface area contributed by atoms with E-state index in [-0.39, 0.29) is 28.3 Å². The summed E-state index contributed by atoms with van der Waals surface area (Å²) in [5.41, 5.74) is 4.84. The fraction of sp³-hybridized carbons (Fsp3) is 0.118. The van der Waals surface area contributed by atoms with Gasteiger partial charge in [-0.1, -0.05) is 30.3 Å². The lowest BCUT2D eigenvalue weighted by molar-refractivity contribution is -0.274. The molecule has 0 aliphatic rings. The number of carbonyl (C=O) groups excluding carboxylic acids is 1. The summed E-state index contributed by atoms with van der Waals surface area (Å²) in [5, 5.41) is 3.79. The molecule has 10 heteroatoms. The Morgan fingerprint density at radius 1 is 1.07 bits per heavy atom. The molecule has 0 aliphatic heterocycles. The molecule has 0 atom stereocenters. The molecule has 0 bridgehead atoms. The van der Waals surface area contributed by atoms with Gasteiger partial charge in [0.15, 0.2) is 5.82 Å². The molecular formula is C17H12F4N4O2. The fourth-order valence-corrected chi connectivity index (χ4v) is 2.54. The maximum atomic E-state index is 15.1. The molecule has 3 rings (SSSR count). The lowest BCUT2D eigenvalue weighted by Crippen LogP contribution is -2.17. The van der Waals surface area contributed by atoms with Gasteiger partial charge in [0.2, 0.25) is 5.82 Å². The van der Waals surface area contributed by atoms with Gasteiger partial charge in [0.05, 0.1) is 5.56 Å². The lowest BCUT2D eigenvalue weighted by Gasteiger charge is -2.14. The van der Waals surface area contributed by atoms with Gasteiger partial charge >= 0.3 is 6.36 Å². The average Bonchev–Trinajstić information content (AvgIpc) is 2.96. The Kier molecular flexibility index (Phi) is 4.56. The number of benzene rings is 2. The first-order valence-corrected chi connectivity index (χ1v) is 7.52. The van der Waals surface area contributed by atoms with Crippen LogP contribution in [0.25, 0.3) is 22.5 Å². The predicted molar refractivity (Wildman–Crippen MR) is 87.0 cm³/mol. The summed E-state index contributed by atoms with van der Waals surface area (Å²) >= 11 is 0. The smallest absolute Gasteiger partial charge is 0.405 e. The summed E-state index contributed by atoms with van der Waals surface area (Å²) in [6.07, 6.45) is -4.93. The van der Waals surface area contributed by atoms with E-state index < -0.39 is 23.8 Å². The summed E-state index contributed by atoms with van der Waals surface area (Å²) < 4.78 is 58.1. The van der Waals surface area contributed by atoms with Crippen molar-refractivity contribution in [3.63, 3.8) is 0 Å². The molecule has 1 amide bonds. The Morgan fingerprint density at radius 3 is 2.33 bits per heavy atom. The third-order valence-corrected chi connectivity index (χ3v) is 3.63. The van der Waals surface area contributed by atoms with Crippen LogP contribution >= 0.6 is 0 Å². The van der Waals surface area contributed by atoms with Crippen LogP contribution in [0.5, 0.6) is 5.75 Å². The molecule has 140 valence electrons. The van der Waals surface area contributed by atoms with E-state index in [1.807, 2.05) is 0 Å². The van der Waals surface area contributed by atoms with Crippen molar-refractivity contribution < 1.29 is 27.1 Å². The van der Waals surface area contributed by atoms with Crippen LogP contribution in [0.15, 0.2) is 42.5 Å². The molecule has 27 heavy (non-hydrogen) atoms. The maximum Gasteiger partial charge on any atom is 0.573 e. The molecule has 0 saturated heterocycles. The van der Waals surface area contributed by atoms with Crippen molar-refractivity contribution in [1.29, 1.82) is 0 Å². The molecule has 0 saturated carbocycles. The van der Waals surface area contributed by atoms with Crippen molar-refractivity contribution in [2.24, 2.45) is 12.8 Å². The number of halogens is 4. The normalized spacial score (nSPS) is 11.4. The van der Waals surface area contributed by atoms with Crippen LogP contribution in [0.3, 0.4) is 0 Å². The van der Waals surface area contributed by atoms with Gasteiger partial charge in [-0.3, -0.25) is 4.79 Å². The number of ether oxygens (including phenoxy) is 1. The summed E-state index contributed by atoms with van der Waals surface area (Å²) in [6.45, 7) is 0. The number of nitrogens with zero attached hydrogens (tertiary/aromatic N) is 3. The summed E-state index contributed by atoms with van der Waals surface area (Å²) in [6, 6.07) is 9.30. The Balaban J connectivity index is 2.14. The highest BCUT2D eigenvalue weighted by Gasteiger charge is 2.32. The van der Waals surface area contributed by atoms with E-state index in [2.05, 4.69) is 14.8 Å². The Hall–Kier alpha value is -3.43. The number of primary amides is 1. The van der Waals surface area contributed by atoms with Gasteiger partial charge in [-0.05, 0) is 12.1 Å². The number of nitrogens with two attached hydrogens (primary N) is 1. The molecular weight excluding hydrogens is 368 g/mol. The summed E-state index contributed by atoms with van der Waals surface area (Å²) in [4.78, 5) is 15.1. The highest BCUT2D eigenvalue weighted by molar-refractivity contribution is 5.89. The van der Waals surface area contributed by atoms with E-state index in [0.717, 1.165) is 10.7 Å². The number of hydrogen-bond acceptors (Lipinski definition) is 4. The van der Waals surface area contributed by atoms with Crippen LogP contribution in [0, 0.1) is 5.82 Å². The number of para-hydroxylation sites is 1.